The smallest absolute Gasteiger partial charge is 0.252 e. The molecule has 18 heavy (non-hydrogen) atoms. The number of carbonyl (C=O) groups excluding carboxylic acids is 1. The normalized spacial score (nSPS) is 33.2. The number of rotatable bonds is 1. The number of nitrogens with zero attached hydrogens (tertiary/aromatic N) is 1. The molecule has 2 fully saturated rings. The monoisotopic (exact) mass is 245 g/mol. The molecular formula is C14H15NO3. The Balaban J connectivity index is 1.91. The van der Waals surface area contributed by atoms with Gasteiger partial charge in [0.15, 0.2) is 0 Å². The van der Waals surface area contributed by atoms with Crippen LogP contribution < -0.4 is 0 Å². The minimum atomic E-state index is -0.796. The van der Waals surface area contributed by atoms with Crippen molar-refractivity contribution in [2.45, 2.75) is 24.7 Å². The van der Waals surface area contributed by atoms with Gasteiger partial charge >= 0.3 is 0 Å². The lowest BCUT2D eigenvalue weighted by atomic mass is 10.0. The van der Waals surface area contributed by atoms with E-state index < -0.39 is 12.2 Å². The molecule has 2 N–H and O–H groups in total. The molecule has 0 radical (unpaired) electrons. The summed E-state index contributed by atoms with van der Waals surface area (Å²) in [4.78, 5) is 13.7. The Labute approximate surface area is 105 Å². The second kappa shape index (κ2) is 4.23. The van der Waals surface area contributed by atoms with Gasteiger partial charge < -0.3 is 15.1 Å². The van der Waals surface area contributed by atoms with E-state index in [1.165, 1.54) is 0 Å². The molecule has 0 unspecified atom stereocenters. The predicted molar refractivity (Wildman–Crippen MR) is 66.6 cm³/mol. The number of aliphatic hydroxyl groups excluding tert-OH is 2. The van der Waals surface area contributed by atoms with Gasteiger partial charge in [-0.1, -0.05) is 30.3 Å². The third-order valence-corrected chi connectivity index (χ3v) is 3.63. The second-order valence-corrected chi connectivity index (χ2v) is 4.87. The molecule has 3 rings (SSSR count). The molecule has 0 spiro atoms. The van der Waals surface area contributed by atoms with Crippen LogP contribution >= 0.6 is 0 Å². The highest BCUT2D eigenvalue weighted by Crippen LogP contribution is 2.33. The number of hydrogen-bond acceptors (Lipinski definition) is 3. The predicted octanol–water partition coefficient (Wildman–Crippen LogP) is 0.406. The van der Waals surface area contributed by atoms with Crippen molar-refractivity contribution in [1.82, 2.24) is 4.90 Å². The zero-order valence-electron chi connectivity index (χ0n) is 9.86. The summed E-state index contributed by atoms with van der Waals surface area (Å²) < 4.78 is 0. The first-order valence-electron chi connectivity index (χ1n) is 6.10. The molecule has 1 amide bonds. The van der Waals surface area contributed by atoms with Gasteiger partial charge in [0.05, 0.1) is 12.1 Å². The molecular weight excluding hydrogens is 230 g/mol. The first-order chi connectivity index (χ1) is 8.66. The lowest BCUT2D eigenvalue weighted by Crippen LogP contribution is -2.30. The maximum absolute atomic E-state index is 12.1. The third-order valence-electron chi connectivity index (χ3n) is 3.63. The fraction of sp³-hybridized carbons (Fsp3) is 0.357. The molecule has 0 aliphatic carbocycles. The van der Waals surface area contributed by atoms with Gasteiger partial charge in [0.2, 0.25) is 0 Å². The fourth-order valence-corrected chi connectivity index (χ4v) is 2.75. The van der Waals surface area contributed by atoms with Crippen LogP contribution in [-0.2, 0) is 4.79 Å². The van der Waals surface area contributed by atoms with Crippen molar-refractivity contribution in [1.29, 1.82) is 0 Å². The Morgan fingerprint density at radius 3 is 2.61 bits per heavy atom. The number of carbonyl (C=O) groups is 1. The largest absolute Gasteiger partial charge is 0.391 e. The van der Waals surface area contributed by atoms with E-state index >= 15 is 0 Å². The maximum Gasteiger partial charge on any atom is 0.252 e. The summed E-state index contributed by atoms with van der Waals surface area (Å²) in [6, 6.07) is 9.22. The third kappa shape index (κ3) is 1.74. The quantitative estimate of drug-likeness (QED) is 0.704. The van der Waals surface area contributed by atoms with Gasteiger partial charge in [-0.25, -0.2) is 0 Å². The Hall–Kier alpha value is -1.65. The molecule has 2 aliphatic rings. The van der Waals surface area contributed by atoms with Crippen molar-refractivity contribution >= 4 is 12.0 Å². The minimum Gasteiger partial charge on any atom is -0.391 e. The van der Waals surface area contributed by atoms with Crippen LogP contribution in [0, 0.1) is 0 Å². The molecule has 2 aliphatic heterocycles. The van der Waals surface area contributed by atoms with Gasteiger partial charge in [0.1, 0.15) is 6.10 Å². The van der Waals surface area contributed by atoms with Gasteiger partial charge in [-0.3, -0.25) is 4.79 Å². The average Bonchev–Trinajstić information content (AvgIpc) is 2.85. The van der Waals surface area contributed by atoms with Crippen LogP contribution in [0.2, 0.25) is 0 Å². The highest BCUT2D eigenvalue weighted by Gasteiger charge is 2.48. The molecule has 4 heteroatoms. The summed E-state index contributed by atoms with van der Waals surface area (Å²) >= 11 is 0. The van der Waals surface area contributed by atoms with Crippen molar-refractivity contribution in [2.75, 3.05) is 6.54 Å². The van der Waals surface area contributed by atoms with Crippen LogP contribution in [0.4, 0.5) is 0 Å². The summed E-state index contributed by atoms with van der Waals surface area (Å²) in [7, 11) is 0. The molecule has 1 aromatic rings. The molecule has 2 saturated heterocycles. The number of amides is 1. The van der Waals surface area contributed by atoms with Gasteiger partial charge in [-0.15, -0.1) is 0 Å². The van der Waals surface area contributed by atoms with Crippen LogP contribution in [0.25, 0.3) is 6.08 Å². The molecule has 0 saturated carbocycles. The van der Waals surface area contributed by atoms with E-state index in [-0.39, 0.29) is 11.9 Å². The minimum absolute atomic E-state index is 0.159. The van der Waals surface area contributed by atoms with E-state index in [9.17, 15) is 15.0 Å². The van der Waals surface area contributed by atoms with E-state index in [4.69, 9.17) is 0 Å². The number of aliphatic hydroxyl groups is 2. The average molecular weight is 245 g/mol. The lowest BCUT2D eigenvalue weighted by Gasteiger charge is -2.14. The molecule has 1 aromatic carbocycles. The van der Waals surface area contributed by atoms with E-state index in [2.05, 4.69) is 0 Å². The Kier molecular flexibility index (Phi) is 2.69. The highest BCUT2D eigenvalue weighted by molar-refractivity contribution is 6.02. The van der Waals surface area contributed by atoms with E-state index in [0.717, 1.165) is 5.56 Å². The van der Waals surface area contributed by atoms with Crippen LogP contribution in [0.3, 0.4) is 0 Å². The van der Waals surface area contributed by atoms with Crippen molar-refractivity contribution in [3.63, 3.8) is 0 Å². The van der Waals surface area contributed by atoms with Crippen molar-refractivity contribution in [3.8, 4) is 0 Å². The van der Waals surface area contributed by atoms with Crippen molar-refractivity contribution < 1.29 is 15.0 Å². The fourth-order valence-electron chi connectivity index (χ4n) is 2.75. The van der Waals surface area contributed by atoms with Crippen LogP contribution in [-0.4, -0.2) is 45.8 Å². The van der Waals surface area contributed by atoms with Gasteiger partial charge in [0.25, 0.3) is 5.91 Å². The maximum atomic E-state index is 12.1. The number of fused-ring (bicyclic) bond motifs is 1. The highest BCUT2D eigenvalue weighted by atomic mass is 16.3. The van der Waals surface area contributed by atoms with Crippen LogP contribution in [0.5, 0.6) is 0 Å². The molecule has 3 atom stereocenters. The van der Waals surface area contributed by atoms with Crippen molar-refractivity contribution in [3.05, 3.63) is 41.5 Å². The Bertz CT molecular complexity index is 497. The molecule has 4 nitrogen and oxygen atoms in total. The zero-order valence-corrected chi connectivity index (χ0v) is 9.86. The van der Waals surface area contributed by atoms with E-state index in [1.807, 2.05) is 30.3 Å². The van der Waals surface area contributed by atoms with E-state index in [1.54, 1.807) is 11.0 Å². The first kappa shape index (κ1) is 11.4. The van der Waals surface area contributed by atoms with Crippen LogP contribution in [0.15, 0.2) is 35.9 Å². The number of benzene rings is 1. The molecule has 0 aromatic heterocycles. The zero-order chi connectivity index (χ0) is 12.7. The van der Waals surface area contributed by atoms with Gasteiger partial charge in [-0.2, -0.15) is 0 Å². The van der Waals surface area contributed by atoms with E-state index in [0.29, 0.717) is 18.5 Å². The first-order valence-corrected chi connectivity index (χ1v) is 6.10. The molecule has 94 valence electrons. The summed E-state index contributed by atoms with van der Waals surface area (Å²) in [6.07, 6.45) is 0.887. The SMILES string of the molecule is O=C1/C(=C/c2ccccc2)[C@H](O)[C@H]2C[C@@H](O)CN12. The standard InChI is InChI=1S/C14H15NO3/c16-10-7-12-13(17)11(14(18)15(12)8-10)6-9-4-2-1-3-5-9/h1-6,10,12-13,16-17H,7-8H2/b11-6+/t10-,12-,13+/m1/s1. The summed E-state index contributed by atoms with van der Waals surface area (Å²) in [5, 5.41) is 19.7. The summed E-state index contributed by atoms with van der Waals surface area (Å²) in [5.74, 6) is -0.159. The number of hydrogen-bond donors (Lipinski definition) is 2. The lowest BCUT2D eigenvalue weighted by molar-refractivity contribution is -0.125. The molecule has 2 heterocycles. The molecule has 0 bridgehead atoms. The topological polar surface area (TPSA) is 60.8 Å². The van der Waals surface area contributed by atoms with Gasteiger partial charge in [0, 0.05) is 12.1 Å². The van der Waals surface area contributed by atoms with Crippen LogP contribution in [0.1, 0.15) is 12.0 Å². The Morgan fingerprint density at radius 1 is 1.22 bits per heavy atom. The summed E-state index contributed by atoms with van der Waals surface area (Å²) in [6.45, 7) is 0.326. The van der Waals surface area contributed by atoms with Gasteiger partial charge in [-0.05, 0) is 18.1 Å². The Morgan fingerprint density at radius 2 is 1.94 bits per heavy atom. The van der Waals surface area contributed by atoms with Crippen molar-refractivity contribution in [2.24, 2.45) is 0 Å². The second-order valence-electron chi connectivity index (χ2n) is 4.87. The summed E-state index contributed by atoms with van der Waals surface area (Å²) in [5.41, 5.74) is 1.33.